The van der Waals surface area contributed by atoms with Gasteiger partial charge in [-0.3, -0.25) is 9.59 Å². The number of thioether (sulfide) groups is 1. The van der Waals surface area contributed by atoms with E-state index in [1.807, 2.05) is 19.1 Å². The number of rotatable bonds is 13. The molecular formula is C32H39F2N5O5S. The SMILES string of the molecule is CCC=O.O=CNCCCCCC(=O)NCCSCc1cc2nc(c1)OCCCOc1cc(F)ccc1-c1cc(ncc1F)N2. The fourth-order valence-electron chi connectivity index (χ4n) is 4.17. The maximum Gasteiger partial charge on any atom is 0.220 e. The number of hydrogen-bond donors (Lipinski definition) is 3. The molecule has 1 aromatic carbocycles. The first-order chi connectivity index (χ1) is 21.9. The van der Waals surface area contributed by atoms with E-state index in [1.165, 1.54) is 24.3 Å². The van der Waals surface area contributed by atoms with Crippen molar-refractivity contribution in [3.05, 3.63) is 59.8 Å². The zero-order valence-corrected chi connectivity index (χ0v) is 26.1. The average molecular weight is 644 g/mol. The van der Waals surface area contributed by atoms with Crippen LogP contribution >= 0.6 is 11.8 Å². The van der Waals surface area contributed by atoms with Gasteiger partial charge in [0.05, 0.1) is 19.4 Å². The summed E-state index contributed by atoms with van der Waals surface area (Å²) in [7, 11) is 0. The Kier molecular flexibility index (Phi) is 15.6. The number of anilines is 2. The highest BCUT2D eigenvalue weighted by Gasteiger charge is 2.16. The number of aromatic nitrogens is 2. The van der Waals surface area contributed by atoms with Gasteiger partial charge in [0.2, 0.25) is 18.2 Å². The van der Waals surface area contributed by atoms with Gasteiger partial charge in [-0.15, -0.1) is 0 Å². The van der Waals surface area contributed by atoms with Crippen molar-refractivity contribution in [1.82, 2.24) is 20.6 Å². The number of ether oxygens (including phenoxy) is 2. The lowest BCUT2D eigenvalue weighted by Gasteiger charge is -2.16. The summed E-state index contributed by atoms with van der Waals surface area (Å²) in [5.41, 5.74) is 1.61. The summed E-state index contributed by atoms with van der Waals surface area (Å²) in [5, 5.41) is 8.68. The van der Waals surface area contributed by atoms with Crippen molar-refractivity contribution in [2.45, 2.75) is 51.2 Å². The van der Waals surface area contributed by atoms with E-state index in [2.05, 4.69) is 25.9 Å². The first-order valence-electron chi connectivity index (χ1n) is 14.9. The number of nitrogens with one attached hydrogen (secondary N) is 3. The molecule has 3 N–H and O–H groups in total. The lowest BCUT2D eigenvalue weighted by Crippen LogP contribution is -2.25. The van der Waals surface area contributed by atoms with Gasteiger partial charge in [0.25, 0.3) is 0 Å². The number of nitrogens with zero attached hydrogens (tertiary/aromatic N) is 2. The van der Waals surface area contributed by atoms with E-state index in [0.29, 0.717) is 74.2 Å². The van der Waals surface area contributed by atoms with Gasteiger partial charge in [0.15, 0.2) is 0 Å². The summed E-state index contributed by atoms with van der Waals surface area (Å²) in [5.74, 6) is 1.91. The highest BCUT2D eigenvalue weighted by Crippen LogP contribution is 2.34. The molecule has 0 saturated carbocycles. The number of amides is 2. The number of halogens is 2. The topological polar surface area (TPSA) is 132 Å². The number of pyridine rings is 2. The molecule has 1 aliphatic rings. The Morgan fingerprint density at radius 2 is 1.84 bits per heavy atom. The molecule has 4 bridgehead atoms. The monoisotopic (exact) mass is 643 g/mol. The van der Waals surface area contributed by atoms with Crippen LogP contribution in [0.4, 0.5) is 20.4 Å². The molecule has 45 heavy (non-hydrogen) atoms. The Morgan fingerprint density at radius 3 is 2.64 bits per heavy atom. The predicted octanol–water partition coefficient (Wildman–Crippen LogP) is 5.58. The number of benzene rings is 1. The van der Waals surface area contributed by atoms with Crippen LogP contribution in [0.1, 0.15) is 51.0 Å². The Balaban J connectivity index is 0.00000130. The zero-order chi connectivity index (χ0) is 32.3. The highest BCUT2D eigenvalue weighted by atomic mass is 32.2. The molecule has 0 atom stereocenters. The lowest BCUT2D eigenvalue weighted by molar-refractivity contribution is -0.121. The van der Waals surface area contributed by atoms with Gasteiger partial charge in [-0.05, 0) is 42.7 Å². The van der Waals surface area contributed by atoms with Crippen molar-refractivity contribution in [3.63, 3.8) is 0 Å². The molecule has 3 heterocycles. The summed E-state index contributed by atoms with van der Waals surface area (Å²) < 4.78 is 40.4. The van der Waals surface area contributed by atoms with Gasteiger partial charge >= 0.3 is 0 Å². The van der Waals surface area contributed by atoms with Crippen LogP contribution in [0, 0.1) is 11.6 Å². The van der Waals surface area contributed by atoms with Crippen LogP contribution in [0.3, 0.4) is 0 Å². The zero-order valence-electron chi connectivity index (χ0n) is 25.3. The maximum absolute atomic E-state index is 14.8. The average Bonchev–Trinajstić information content (AvgIpc) is 3.03. The van der Waals surface area contributed by atoms with Crippen molar-refractivity contribution in [2.75, 3.05) is 37.4 Å². The fourth-order valence-corrected chi connectivity index (χ4v) is 4.96. The summed E-state index contributed by atoms with van der Waals surface area (Å²) in [6, 6.07) is 9.27. The number of aldehydes is 1. The minimum absolute atomic E-state index is 0.0242. The second-order valence-electron chi connectivity index (χ2n) is 9.92. The number of fused-ring (bicyclic) bond motifs is 6. The summed E-state index contributed by atoms with van der Waals surface area (Å²) in [6.45, 7) is 3.58. The molecule has 0 spiro atoms. The molecule has 3 aromatic rings. The van der Waals surface area contributed by atoms with E-state index in [9.17, 15) is 23.2 Å². The highest BCUT2D eigenvalue weighted by molar-refractivity contribution is 7.98. The van der Waals surface area contributed by atoms with E-state index >= 15 is 0 Å². The molecule has 0 unspecified atom stereocenters. The first kappa shape index (κ1) is 35.2. The molecule has 0 aliphatic carbocycles. The van der Waals surface area contributed by atoms with Crippen LogP contribution in [0.5, 0.6) is 11.6 Å². The van der Waals surface area contributed by atoms with Gasteiger partial charge in [0, 0.05) is 67.1 Å². The largest absolute Gasteiger partial charge is 0.493 e. The smallest absolute Gasteiger partial charge is 0.220 e. The van der Waals surface area contributed by atoms with Gasteiger partial charge < -0.3 is 30.2 Å². The predicted molar refractivity (Wildman–Crippen MR) is 171 cm³/mol. The lowest BCUT2D eigenvalue weighted by atomic mass is 10.0. The Labute approximate surface area is 266 Å². The molecule has 4 rings (SSSR count). The van der Waals surface area contributed by atoms with Gasteiger partial charge in [0.1, 0.15) is 35.3 Å². The van der Waals surface area contributed by atoms with Crippen LogP contribution in [0.15, 0.2) is 42.6 Å². The molecule has 2 amide bonds. The number of unbranched alkanes of at least 4 members (excludes halogenated alkanes) is 2. The van der Waals surface area contributed by atoms with Crippen molar-refractivity contribution in [1.29, 1.82) is 0 Å². The summed E-state index contributed by atoms with van der Waals surface area (Å²) in [4.78, 5) is 40.1. The van der Waals surface area contributed by atoms with E-state index in [0.717, 1.165) is 43.1 Å². The third kappa shape index (κ3) is 12.7. The molecule has 0 radical (unpaired) electrons. The van der Waals surface area contributed by atoms with E-state index in [1.54, 1.807) is 11.8 Å². The quantitative estimate of drug-likeness (QED) is 0.161. The minimum atomic E-state index is -0.555. The second-order valence-corrected chi connectivity index (χ2v) is 11.0. The maximum atomic E-state index is 14.8. The molecule has 0 saturated heterocycles. The van der Waals surface area contributed by atoms with Gasteiger partial charge in [-0.25, -0.2) is 13.8 Å². The molecule has 2 aromatic heterocycles. The molecular weight excluding hydrogens is 604 g/mol. The Hall–Kier alpha value is -4.26. The normalized spacial score (nSPS) is 12.0. The molecule has 0 fully saturated rings. The van der Waals surface area contributed by atoms with E-state index < -0.39 is 11.6 Å². The Bertz CT molecular complexity index is 1400. The molecule has 242 valence electrons. The van der Waals surface area contributed by atoms with Crippen molar-refractivity contribution in [2.24, 2.45) is 0 Å². The standard InChI is InChI=1S/C29H33F2N5O4S.C3H6O/c30-21-6-7-22-23-16-26(34-17-24(23)31)35-27-13-20(14-29(36-27)40-11-4-10-39-25(22)15-21)18-41-12-9-33-28(38)5-2-1-3-8-32-19-37;1-2-3-4/h6-7,13-17,19H,1-5,8-12,18H2,(H,32,37)(H,33,38)(H,34,35,36);3H,2H2,1H3. The minimum Gasteiger partial charge on any atom is -0.493 e. The molecule has 13 heteroatoms. The third-order valence-corrected chi connectivity index (χ3v) is 7.35. The molecule has 1 aliphatic heterocycles. The second kappa shape index (κ2) is 19.9. The van der Waals surface area contributed by atoms with Crippen LogP contribution in [-0.4, -0.2) is 60.6 Å². The van der Waals surface area contributed by atoms with Crippen LogP contribution in [0.2, 0.25) is 0 Å². The first-order valence-corrected chi connectivity index (χ1v) is 16.0. The van der Waals surface area contributed by atoms with Gasteiger partial charge in [-0.1, -0.05) is 13.3 Å². The fraction of sp³-hybridized carbons (Fsp3) is 0.406. The van der Waals surface area contributed by atoms with E-state index in [-0.39, 0.29) is 23.8 Å². The van der Waals surface area contributed by atoms with Gasteiger partial charge in [-0.2, -0.15) is 16.7 Å². The van der Waals surface area contributed by atoms with Crippen molar-refractivity contribution >= 4 is 42.0 Å². The van der Waals surface area contributed by atoms with Crippen LogP contribution < -0.4 is 25.4 Å². The van der Waals surface area contributed by atoms with Crippen molar-refractivity contribution in [3.8, 4) is 22.8 Å². The summed E-state index contributed by atoms with van der Waals surface area (Å²) >= 11 is 1.67. The van der Waals surface area contributed by atoms with Crippen LogP contribution in [-0.2, 0) is 20.1 Å². The number of carbonyl (C=O) groups is 3. The third-order valence-electron chi connectivity index (χ3n) is 6.32. The van der Waals surface area contributed by atoms with Crippen molar-refractivity contribution < 1.29 is 32.6 Å². The number of carbonyl (C=O) groups excluding carboxylic acids is 3. The molecule has 10 nitrogen and oxygen atoms in total. The Morgan fingerprint density at radius 1 is 1.02 bits per heavy atom. The van der Waals surface area contributed by atoms with Crippen LogP contribution in [0.25, 0.3) is 11.1 Å². The number of hydrogen-bond acceptors (Lipinski definition) is 9. The summed E-state index contributed by atoms with van der Waals surface area (Å²) in [6.07, 6.45) is 6.82. The van der Waals surface area contributed by atoms with E-state index in [4.69, 9.17) is 9.47 Å².